The SMILES string of the molecule is CC1CCC(Nc2nc(C(=O)O)co2)C(C)C1. The number of hydrogen-bond acceptors (Lipinski definition) is 4. The molecule has 0 spiro atoms. The summed E-state index contributed by atoms with van der Waals surface area (Å²) < 4.78 is 5.10. The maximum Gasteiger partial charge on any atom is 0.357 e. The highest BCUT2D eigenvalue weighted by molar-refractivity contribution is 5.85. The molecule has 0 aliphatic heterocycles. The molecule has 17 heavy (non-hydrogen) atoms. The zero-order valence-electron chi connectivity index (χ0n) is 10.1. The number of nitrogens with zero attached hydrogens (tertiary/aromatic N) is 1. The topological polar surface area (TPSA) is 75.4 Å². The minimum Gasteiger partial charge on any atom is -0.476 e. The minimum absolute atomic E-state index is 0.0515. The molecule has 2 rings (SSSR count). The van der Waals surface area contributed by atoms with E-state index in [9.17, 15) is 4.79 Å². The molecule has 1 heterocycles. The Labute approximate surface area is 100 Å². The number of carboxylic acid groups (broad SMARTS) is 1. The van der Waals surface area contributed by atoms with E-state index < -0.39 is 5.97 Å². The first-order valence-corrected chi connectivity index (χ1v) is 6.01. The third kappa shape index (κ3) is 2.78. The van der Waals surface area contributed by atoms with Gasteiger partial charge in [-0.05, 0) is 31.1 Å². The van der Waals surface area contributed by atoms with Crippen molar-refractivity contribution in [2.24, 2.45) is 11.8 Å². The van der Waals surface area contributed by atoms with Crippen LogP contribution >= 0.6 is 0 Å². The average Bonchev–Trinajstić information content (AvgIpc) is 2.71. The summed E-state index contributed by atoms with van der Waals surface area (Å²) in [7, 11) is 0. The molecule has 1 aromatic heterocycles. The van der Waals surface area contributed by atoms with E-state index in [-0.39, 0.29) is 5.69 Å². The van der Waals surface area contributed by atoms with Crippen LogP contribution in [0.5, 0.6) is 0 Å². The fraction of sp³-hybridized carbons (Fsp3) is 0.667. The van der Waals surface area contributed by atoms with E-state index >= 15 is 0 Å². The second-order valence-corrected chi connectivity index (χ2v) is 4.99. The number of carbonyl (C=O) groups is 1. The predicted octanol–water partition coefficient (Wildman–Crippen LogP) is 2.61. The van der Waals surface area contributed by atoms with Crippen LogP contribution in [0.3, 0.4) is 0 Å². The van der Waals surface area contributed by atoms with Gasteiger partial charge in [-0.3, -0.25) is 0 Å². The van der Waals surface area contributed by atoms with Gasteiger partial charge in [0.2, 0.25) is 0 Å². The molecule has 0 bridgehead atoms. The van der Waals surface area contributed by atoms with E-state index in [1.54, 1.807) is 0 Å². The van der Waals surface area contributed by atoms with Gasteiger partial charge in [0.1, 0.15) is 6.26 Å². The number of carboxylic acids is 1. The number of anilines is 1. The molecule has 1 aromatic rings. The summed E-state index contributed by atoms with van der Waals surface area (Å²) in [5, 5.41) is 11.9. The summed E-state index contributed by atoms with van der Waals surface area (Å²) in [5.74, 6) is 0.258. The van der Waals surface area contributed by atoms with Crippen molar-refractivity contribution >= 4 is 12.0 Å². The van der Waals surface area contributed by atoms with Gasteiger partial charge in [0.25, 0.3) is 6.01 Å². The van der Waals surface area contributed by atoms with Crippen LogP contribution in [0.4, 0.5) is 6.01 Å². The maximum atomic E-state index is 10.7. The highest BCUT2D eigenvalue weighted by Gasteiger charge is 2.26. The smallest absolute Gasteiger partial charge is 0.357 e. The zero-order chi connectivity index (χ0) is 12.4. The van der Waals surface area contributed by atoms with Gasteiger partial charge in [0.05, 0.1) is 0 Å². The molecular formula is C12H18N2O3. The largest absolute Gasteiger partial charge is 0.476 e. The monoisotopic (exact) mass is 238 g/mol. The number of aromatic carboxylic acids is 1. The summed E-state index contributed by atoms with van der Waals surface area (Å²) in [4.78, 5) is 14.5. The van der Waals surface area contributed by atoms with E-state index in [0.29, 0.717) is 18.0 Å². The van der Waals surface area contributed by atoms with Crippen molar-refractivity contribution in [3.8, 4) is 0 Å². The van der Waals surface area contributed by atoms with Crippen LogP contribution in [0.15, 0.2) is 10.7 Å². The number of aromatic nitrogens is 1. The van der Waals surface area contributed by atoms with Crippen LogP contribution in [-0.2, 0) is 0 Å². The van der Waals surface area contributed by atoms with Gasteiger partial charge in [-0.15, -0.1) is 0 Å². The molecule has 2 N–H and O–H groups in total. The van der Waals surface area contributed by atoms with Crippen molar-refractivity contribution in [3.05, 3.63) is 12.0 Å². The van der Waals surface area contributed by atoms with Crippen LogP contribution in [0.2, 0.25) is 0 Å². The first kappa shape index (κ1) is 12.0. The van der Waals surface area contributed by atoms with Gasteiger partial charge in [0, 0.05) is 6.04 Å². The summed E-state index contributed by atoms with van der Waals surface area (Å²) in [6.07, 6.45) is 4.62. The van der Waals surface area contributed by atoms with Gasteiger partial charge in [-0.2, -0.15) is 4.98 Å². The lowest BCUT2D eigenvalue weighted by molar-refractivity contribution is 0.0690. The lowest BCUT2D eigenvalue weighted by Crippen LogP contribution is -2.33. The van der Waals surface area contributed by atoms with Crippen molar-refractivity contribution in [3.63, 3.8) is 0 Å². The Balaban J connectivity index is 1.98. The molecule has 5 heteroatoms. The maximum absolute atomic E-state index is 10.7. The van der Waals surface area contributed by atoms with Crippen molar-refractivity contribution in [1.82, 2.24) is 4.98 Å². The number of nitrogens with one attached hydrogen (secondary N) is 1. The molecule has 3 unspecified atom stereocenters. The summed E-state index contributed by atoms with van der Waals surface area (Å²) >= 11 is 0. The Morgan fingerprint density at radius 2 is 2.29 bits per heavy atom. The second kappa shape index (κ2) is 4.77. The summed E-state index contributed by atoms with van der Waals surface area (Å²) in [6, 6.07) is 0.639. The van der Waals surface area contributed by atoms with E-state index in [1.807, 2.05) is 0 Å². The van der Waals surface area contributed by atoms with Crippen LogP contribution in [0.25, 0.3) is 0 Å². The van der Waals surface area contributed by atoms with Gasteiger partial charge in [0.15, 0.2) is 5.69 Å². The summed E-state index contributed by atoms with van der Waals surface area (Å²) in [6.45, 7) is 4.47. The van der Waals surface area contributed by atoms with Crippen molar-refractivity contribution in [1.29, 1.82) is 0 Å². The molecule has 1 fully saturated rings. The Morgan fingerprint density at radius 1 is 1.53 bits per heavy atom. The van der Waals surface area contributed by atoms with Gasteiger partial charge < -0.3 is 14.8 Å². The molecule has 0 radical (unpaired) electrons. The Kier molecular flexibility index (Phi) is 3.36. The Hall–Kier alpha value is -1.52. The Bertz CT molecular complexity index is 402. The highest BCUT2D eigenvalue weighted by Crippen LogP contribution is 2.30. The minimum atomic E-state index is -1.06. The van der Waals surface area contributed by atoms with Crippen LogP contribution in [0.1, 0.15) is 43.6 Å². The Morgan fingerprint density at radius 3 is 2.88 bits per heavy atom. The van der Waals surface area contributed by atoms with E-state index in [0.717, 1.165) is 12.3 Å². The number of rotatable bonds is 3. The second-order valence-electron chi connectivity index (χ2n) is 4.99. The number of oxazole rings is 1. The van der Waals surface area contributed by atoms with E-state index in [4.69, 9.17) is 9.52 Å². The van der Waals surface area contributed by atoms with Crippen LogP contribution < -0.4 is 5.32 Å². The molecule has 94 valence electrons. The highest BCUT2D eigenvalue weighted by atomic mass is 16.4. The van der Waals surface area contributed by atoms with E-state index in [2.05, 4.69) is 24.1 Å². The van der Waals surface area contributed by atoms with Crippen molar-refractivity contribution in [2.75, 3.05) is 5.32 Å². The zero-order valence-corrected chi connectivity index (χ0v) is 10.1. The quantitative estimate of drug-likeness (QED) is 0.846. The lowest BCUT2D eigenvalue weighted by Gasteiger charge is -2.32. The molecule has 5 nitrogen and oxygen atoms in total. The van der Waals surface area contributed by atoms with Crippen molar-refractivity contribution in [2.45, 2.75) is 39.2 Å². The molecule has 1 aliphatic carbocycles. The number of hydrogen-bond donors (Lipinski definition) is 2. The van der Waals surface area contributed by atoms with Gasteiger partial charge >= 0.3 is 5.97 Å². The predicted molar refractivity (Wildman–Crippen MR) is 63.1 cm³/mol. The van der Waals surface area contributed by atoms with Crippen LogP contribution in [0, 0.1) is 11.8 Å². The first-order chi connectivity index (χ1) is 8.06. The first-order valence-electron chi connectivity index (χ1n) is 6.01. The third-order valence-electron chi connectivity index (χ3n) is 3.46. The molecule has 0 amide bonds. The molecule has 1 saturated carbocycles. The third-order valence-corrected chi connectivity index (χ3v) is 3.46. The summed E-state index contributed by atoms with van der Waals surface area (Å²) in [5.41, 5.74) is -0.0515. The van der Waals surface area contributed by atoms with Gasteiger partial charge in [-0.1, -0.05) is 13.8 Å². The fourth-order valence-corrected chi connectivity index (χ4v) is 2.48. The lowest BCUT2D eigenvalue weighted by atomic mass is 9.80. The molecule has 1 aliphatic rings. The average molecular weight is 238 g/mol. The molecule has 0 saturated heterocycles. The van der Waals surface area contributed by atoms with Crippen molar-refractivity contribution < 1.29 is 14.3 Å². The molecular weight excluding hydrogens is 220 g/mol. The van der Waals surface area contributed by atoms with E-state index in [1.165, 1.54) is 19.1 Å². The van der Waals surface area contributed by atoms with Gasteiger partial charge in [-0.25, -0.2) is 4.79 Å². The molecule has 0 aromatic carbocycles. The molecule has 3 atom stereocenters. The normalized spacial score (nSPS) is 28.9. The standard InChI is InChI=1S/C12H18N2O3/c1-7-3-4-9(8(2)5-7)13-12-14-10(6-17-12)11(15)16/h6-9H,3-5H2,1-2H3,(H,13,14)(H,15,16). The van der Waals surface area contributed by atoms with Crippen LogP contribution in [-0.4, -0.2) is 22.1 Å². The fourth-order valence-electron chi connectivity index (χ4n) is 2.48.